The van der Waals surface area contributed by atoms with Gasteiger partial charge in [0.25, 0.3) is 10.0 Å². The van der Waals surface area contributed by atoms with Crippen LogP contribution in [-0.2, 0) is 19.6 Å². The number of amides is 3. The number of sulfonamides is 1. The van der Waals surface area contributed by atoms with E-state index in [1.165, 1.54) is 29.2 Å². The van der Waals surface area contributed by atoms with E-state index < -0.39 is 33.8 Å². The monoisotopic (exact) mass is 525 g/mol. The third-order valence-corrected chi connectivity index (χ3v) is 9.52. The molecule has 0 bridgehead atoms. The highest BCUT2D eigenvalue weighted by Crippen LogP contribution is 2.29. The second-order valence-corrected chi connectivity index (χ2v) is 11.8. The van der Waals surface area contributed by atoms with Gasteiger partial charge in [0.1, 0.15) is 11.9 Å². The Balaban J connectivity index is 1.54. The van der Waals surface area contributed by atoms with Crippen LogP contribution in [0.5, 0.6) is 0 Å². The molecule has 2 N–H and O–H groups in total. The molecule has 4 rings (SSSR count). The van der Waals surface area contributed by atoms with Crippen LogP contribution in [0.15, 0.2) is 28.5 Å². The zero-order valence-corrected chi connectivity index (χ0v) is 21.1. The highest BCUT2D eigenvalue weighted by atomic mass is 32.2. The van der Waals surface area contributed by atoms with Crippen molar-refractivity contribution in [2.24, 2.45) is 0 Å². The van der Waals surface area contributed by atoms with E-state index in [0.717, 1.165) is 28.5 Å². The molecule has 10 nitrogen and oxygen atoms in total. The van der Waals surface area contributed by atoms with Gasteiger partial charge in [0.15, 0.2) is 4.21 Å². The van der Waals surface area contributed by atoms with Gasteiger partial charge >= 0.3 is 6.03 Å². The van der Waals surface area contributed by atoms with Crippen LogP contribution in [0.4, 0.5) is 14.9 Å². The molecule has 1 aromatic heterocycles. The molecule has 0 saturated carbocycles. The number of rotatable bonds is 6. The Morgan fingerprint density at radius 2 is 1.97 bits per heavy atom. The maximum Gasteiger partial charge on any atom is 0.321 e. The number of nitrogens with zero attached hydrogens (tertiary/aromatic N) is 3. The van der Waals surface area contributed by atoms with Gasteiger partial charge in [0.2, 0.25) is 5.91 Å². The summed E-state index contributed by atoms with van der Waals surface area (Å²) >= 11 is 1.06. The predicted molar refractivity (Wildman–Crippen MR) is 128 cm³/mol. The molecule has 3 amide bonds. The Hall–Kier alpha value is -2.61. The standard InChI is InChI=1S/C22H28FN5O5S2/c1-14-21(34-15(2)25-14)35(31,32)28-10-9-27(22(30)26-17-7-5-16(23)6-8-17)13-19(28)20(29)24-12-18-4-3-11-33-18/h5-8,18-19H,3-4,9-13H2,1-2H3,(H,24,29)(H,26,30). The number of halogens is 1. The van der Waals surface area contributed by atoms with E-state index >= 15 is 0 Å². The van der Waals surface area contributed by atoms with Crippen molar-refractivity contribution >= 4 is 39.0 Å². The molecule has 1 aromatic carbocycles. The largest absolute Gasteiger partial charge is 0.376 e. The van der Waals surface area contributed by atoms with Gasteiger partial charge in [-0.25, -0.2) is 22.6 Å². The summed E-state index contributed by atoms with van der Waals surface area (Å²) in [7, 11) is -4.02. The van der Waals surface area contributed by atoms with E-state index in [0.29, 0.717) is 23.0 Å². The van der Waals surface area contributed by atoms with Crippen LogP contribution in [-0.4, -0.2) is 79.5 Å². The Morgan fingerprint density at radius 1 is 1.23 bits per heavy atom. The minimum Gasteiger partial charge on any atom is -0.376 e. The van der Waals surface area contributed by atoms with Gasteiger partial charge in [0, 0.05) is 38.5 Å². The van der Waals surface area contributed by atoms with Crippen molar-refractivity contribution in [3.63, 3.8) is 0 Å². The highest BCUT2D eigenvalue weighted by Gasteiger charge is 2.43. The lowest BCUT2D eigenvalue weighted by Crippen LogP contribution is -2.62. The van der Waals surface area contributed by atoms with Crippen molar-refractivity contribution < 1.29 is 27.1 Å². The SMILES string of the molecule is Cc1nc(C)c(S(=O)(=O)N2CCN(C(=O)Nc3ccc(F)cc3)CC2C(=O)NCC2CCCO2)s1. The summed E-state index contributed by atoms with van der Waals surface area (Å²) in [4.78, 5) is 31.7. The molecule has 2 aliphatic rings. The molecule has 0 aliphatic carbocycles. The number of carbonyl (C=O) groups excluding carboxylic acids is 2. The first-order valence-electron chi connectivity index (χ1n) is 11.3. The molecule has 2 aliphatic heterocycles. The molecule has 13 heteroatoms. The maximum atomic E-state index is 13.5. The maximum absolute atomic E-state index is 13.5. The molecule has 35 heavy (non-hydrogen) atoms. The number of ether oxygens (including phenoxy) is 1. The normalized spacial score (nSPS) is 21.2. The molecule has 2 saturated heterocycles. The smallest absolute Gasteiger partial charge is 0.321 e. The van der Waals surface area contributed by atoms with Crippen molar-refractivity contribution in [3.05, 3.63) is 40.8 Å². The van der Waals surface area contributed by atoms with Crippen LogP contribution < -0.4 is 10.6 Å². The Bertz CT molecular complexity index is 1180. The highest BCUT2D eigenvalue weighted by molar-refractivity contribution is 7.91. The molecule has 0 spiro atoms. The van der Waals surface area contributed by atoms with Crippen LogP contribution in [0, 0.1) is 19.7 Å². The first kappa shape index (κ1) is 25.5. The number of aromatic nitrogens is 1. The zero-order chi connectivity index (χ0) is 25.2. The molecule has 3 heterocycles. The molecule has 190 valence electrons. The van der Waals surface area contributed by atoms with Gasteiger partial charge in [-0.05, 0) is 51.0 Å². The number of hydrogen-bond donors (Lipinski definition) is 2. The van der Waals surface area contributed by atoms with Gasteiger partial charge in [0.05, 0.1) is 16.8 Å². The zero-order valence-electron chi connectivity index (χ0n) is 19.5. The lowest BCUT2D eigenvalue weighted by atomic mass is 10.2. The fourth-order valence-corrected chi connectivity index (χ4v) is 7.35. The van der Waals surface area contributed by atoms with Crippen molar-refractivity contribution in [1.29, 1.82) is 0 Å². The number of carbonyl (C=O) groups is 2. The molecule has 2 unspecified atom stereocenters. The van der Waals surface area contributed by atoms with E-state index in [2.05, 4.69) is 15.6 Å². The van der Waals surface area contributed by atoms with E-state index in [9.17, 15) is 22.4 Å². The number of anilines is 1. The topological polar surface area (TPSA) is 121 Å². The van der Waals surface area contributed by atoms with Gasteiger partial charge in [-0.3, -0.25) is 4.79 Å². The van der Waals surface area contributed by atoms with Crippen LogP contribution in [0.3, 0.4) is 0 Å². The minimum absolute atomic E-state index is 0.0619. The van der Waals surface area contributed by atoms with Gasteiger partial charge in [-0.15, -0.1) is 11.3 Å². The molecule has 2 atom stereocenters. The summed E-state index contributed by atoms with van der Waals surface area (Å²) in [6, 6.07) is 3.66. The van der Waals surface area contributed by atoms with Crippen LogP contribution in [0.25, 0.3) is 0 Å². The molecular weight excluding hydrogens is 497 g/mol. The summed E-state index contributed by atoms with van der Waals surface area (Å²) in [6.07, 6.45) is 1.61. The average Bonchev–Trinajstić information content (AvgIpc) is 3.47. The van der Waals surface area contributed by atoms with Crippen LogP contribution in [0.1, 0.15) is 23.5 Å². The Labute approximate surface area is 207 Å². The van der Waals surface area contributed by atoms with Crippen molar-refractivity contribution in [2.75, 3.05) is 38.1 Å². The van der Waals surface area contributed by atoms with Gasteiger partial charge in [-0.2, -0.15) is 4.31 Å². The van der Waals surface area contributed by atoms with Crippen LogP contribution in [0.2, 0.25) is 0 Å². The number of benzene rings is 1. The van der Waals surface area contributed by atoms with Crippen molar-refractivity contribution in [3.8, 4) is 0 Å². The lowest BCUT2D eigenvalue weighted by Gasteiger charge is -2.39. The van der Waals surface area contributed by atoms with Gasteiger partial charge in [-0.1, -0.05) is 0 Å². The fraction of sp³-hybridized carbons (Fsp3) is 0.500. The Morgan fingerprint density at radius 3 is 2.60 bits per heavy atom. The number of thiazole rings is 1. The quantitative estimate of drug-likeness (QED) is 0.596. The van der Waals surface area contributed by atoms with Crippen LogP contribution >= 0.6 is 11.3 Å². The molecule has 0 radical (unpaired) electrons. The predicted octanol–water partition coefficient (Wildman–Crippen LogP) is 2.10. The molecule has 2 fully saturated rings. The minimum atomic E-state index is -4.02. The van der Waals surface area contributed by atoms with Gasteiger partial charge < -0.3 is 20.3 Å². The number of nitrogens with one attached hydrogen (secondary N) is 2. The van der Waals surface area contributed by atoms with E-state index in [1.54, 1.807) is 13.8 Å². The fourth-order valence-electron chi connectivity index (χ4n) is 4.18. The number of hydrogen-bond acceptors (Lipinski definition) is 7. The third kappa shape index (κ3) is 5.80. The number of urea groups is 1. The molecule has 2 aromatic rings. The number of piperazine rings is 1. The average molecular weight is 526 g/mol. The Kier molecular flexibility index (Phi) is 7.69. The van der Waals surface area contributed by atoms with Crippen molar-refractivity contribution in [1.82, 2.24) is 19.5 Å². The summed E-state index contributed by atoms with van der Waals surface area (Å²) in [5.41, 5.74) is 0.768. The molecular formula is C22H28FN5O5S2. The van der Waals surface area contributed by atoms with E-state index in [4.69, 9.17) is 4.74 Å². The summed E-state index contributed by atoms with van der Waals surface area (Å²) < 4.78 is 47.1. The first-order valence-corrected chi connectivity index (χ1v) is 13.6. The second kappa shape index (κ2) is 10.6. The van der Waals surface area contributed by atoms with Crippen molar-refractivity contribution in [2.45, 2.75) is 43.0 Å². The first-order chi connectivity index (χ1) is 16.6. The second-order valence-electron chi connectivity index (χ2n) is 8.50. The summed E-state index contributed by atoms with van der Waals surface area (Å²) in [5, 5.41) is 6.08. The third-order valence-electron chi connectivity index (χ3n) is 5.95. The summed E-state index contributed by atoms with van der Waals surface area (Å²) in [5.74, 6) is -0.930. The van der Waals surface area contributed by atoms with E-state index in [1.807, 2.05) is 0 Å². The summed E-state index contributed by atoms with van der Waals surface area (Å²) in [6.45, 7) is 4.12. The van der Waals surface area contributed by atoms with E-state index in [-0.39, 0.29) is 36.5 Å². The lowest BCUT2D eigenvalue weighted by molar-refractivity contribution is -0.126. The number of aryl methyl sites for hydroxylation is 2.